The lowest BCUT2D eigenvalue weighted by atomic mass is 10.1. The van der Waals surface area contributed by atoms with E-state index in [-0.39, 0.29) is 5.78 Å². The summed E-state index contributed by atoms with van der Waals surface area (Å²) in [7, 11) is 0. The van der Waals surface area contributed by atoms with E-state index in [4.69, 9.17) is 0 Å². The Balaban J connectivity index is 2.34. The maximum absolute atomic E-state index is 11.8. The first-order valence-corrected chi connectivity index (χ1v) is 5.01. The second kappa shape index (κ2) is 3.67. The molecule has 0 bridgehead atoms. The van der Waals surface area contributed by atoms with Gasteiger partial charge in [0.25, 0.3) is 0 Å². The Morgan fingerprint density at radius 3 is 2.93 bits per heavy atom. The summed E-state index contributed by atoms with van der Waals surface area (Å²) in [6.45, 7) is 1.97. The summed E-state index contributed by atoms with van der Waals surface area (Å²) < 4.78 is 0. The normalized spacial score (nSPS) is 10.1. The lowest BCUT2D eigenvalue weighted by Crippen LogP contribution is -2.02. The number of hydrogen-bond donors (Lipinski definition) is 0. The molecule has 2 aromatic rings. The molecule has 0 aliphatic heterocycles. The number of hydrogen-bond acceptors (Lipinski definition) is 4. The molecular weight excluding hydrogens is 196 g/mol. The second-order valence-electron chi connectivity index (χ2n) is 2.87. The Kier molecular flexibility index (Phi) is 2.37. The van der Waals surface area contributed by atoms with Crippen LogP contribution in [0.25, 0.3) is 0 Å². The Morgan fingerprint density at radius 2 is 2.36 bits per heavy atom. The number of carbonyl (C=O) groups is 1. The third kappa shape index (κ3) is 1.70. The van der Waals surface area contributed by atoms with E-state index in [9.17, 15) is 4.79 Å². The van der Waals surface area contributed by atoms with Crippen molar-refractivity contribution in [3.8, 4) is 0 Å². The minimum Gasteiger partial charge on any atom is -0.287 e. The molecule has 3 nitrogen and oxygen atoms in total. The van der Waals surface area contributed by atoms with Gasteiger partial charge in [-0.15, -0.1) is 11.3 Å². The zero-order valence-electron chi connectivity index (χ0n) is 7.60. The highest BCUT2D eigenvalue weighted by Crippen LogP contribution is 2.15. The fourth-order valence-electron chi connectivity index (χ4n) is 1.14. The van der Waals surface area contributed by atoms with Crippen molar-refractivity contribution in [3.05, 3.63) is 46.2 Å². The third-order valence-electron chi connectivity index (χ3n) is 1.81. The SMILES string of the molecule is Cc1cc(C(=O)c2ccncn2)cs1. The monoisotopic (exact) mass is 204 g/mol. The standard InChI is InChI=1S/C10H8N2OS/c1-7-4-8(5-14-7)10(13)9-2-3-11-6-12-9/h2-6H,1H3. The molecule has 0 aromatic carbocycles. The van der Waals surface area contributed by atoms with Gasteiger partial charge >= 0.3 is 0 Å². The molecule has 4 heteroatoms. The second-order valence-corrected chi connectivity index (χ2v) is 3.99. The van der Waals surface area contributed by atoms with E-state index in [2.05, 4.69) is 9.97 Å². The van der Waals surface area contributed by atoms with E-state index < -0.39 is 0 Å². The van der Waals surface area contributed by atoms with Crippen molar-refractivity contribution in [1.29, 1.82) is 0 Å². The smallest absolute Gasteiger partial charge is 0.212 e. The molecule has 0 spiro atoms. The largest absolute Gasteiger partial charge is 0.287 e. The van der Waals surface area contributed by atoms with Gasteiger partial charge in [0.2, 0.25) is 5.78 Å². The molecule has 0 N–H and O–H groups in total. The average Bonchev–Trinajstić information content (AvgIpc) is 2.65. The molecule has 14 heavy (non-hydrogen) atoms. The van der Waals surface area contributed by atoms with Gasteiger partial charge < -0.3 is 0 Å². The van der Waals surface area contributed by atoms with Gasteiger partial charge in [0.1, 0.15) is 12.0 Å². The van der Waals surface area contributed by atoms with Crippen LogP contribution in [-0.2, 0) is 0 Å². The van der Waals surface area contributed by atoms with Crippen LogP contribution in [0.1, 0.15) is 20.9 Å². The van der Waals surface area contributed by atoms with Crippen molar-refractivity contribution in [2.24, 2.45) is 0 Å². The Labute approximate surface area is 85.5 Å². The minimum atomic E-state index is -0.0447. The molecule has 0 unspecified atom stereocenters. The van der Waals surface area contributed by atoms with Gasteiger partial charge in [0.15, 0.2) is 0 Å². The minimum absolute atomic E-state index is 0.0447. The van der Waals surface area contributed by atoms with Gasteiger partial charge in [-0.1, -0.05) is 0 Å². The van der Waals surface area contributed by atoms with Crippen molar-refractivity contribution >= 4 is 17.1 Å². The van der Waals surface area contributed by atoms with E-state index >= 15 is 0 Å². The van der Waals surface area contributed by atoms with Crippen LogP contribution in [0.3, 0.4) is 0 Å². The van der Waals surface area contributed by atoms with E-state index in [1.165, 1.54) is 6.33 Å². The van der Waals surface area contributed by atoms with Crippen molar-refractivity contribution < 1.29 is 4.79 Å². The maximum Gasteiger partial charge on any atom is 0.212 e. The van der Waals surface area contributed by atoms with Crippen molar-refractivity contribution in [2.45, 2.75) is 6.92 Å². The third-order valence-corrected chi connectivity index (χ3v) is 2.67. The van der Waals surface area contributed by atoms with E-state index in [1.54, 1.807) is 23.6 Å². The molecule has 2 rings (SSSR count). The molecular formula is C10H8N2OS. The number of rotatable bonds is 2. The number of ketones is 1. The summed E-state index contributed by atoms with van der Waals surface area (Å²) in [6.07, 6.45) is 2.95. The molecule has 0 radical (unpaired) electrons. The topological polar surface area (TPSA) is 42.9 Å². The number of carbonyl (C=O) groups excluding carboxylic acids is 1. The highest BCUT2D eigenvalue weighted by Gasteiger charge is 2.10. The fraction of sp³-hybridized carbons (Fsp3) is 0.100. The van der Waals surface area contributed by atoms with Crippen molar-refractivity contribution in [1.82, 2.24) is 9.97 Å². The van der Waals surface area contributed by atoms with Gasteiger partial charge in [-0.3, -0.25) is 4.79 Å². The molecule has 2 heterocycles. The first-order valence-electron chi connectivity index (χ1n) is 4.13. The molecule has 0 fully saturated rings. The molecule has 0 saturated heterocycles. The molecule has 2 aromatic heterocycles. The Hall–Kier alpha value is -1.55. The first kappa shape index (κ1) is 9.02. The molecule has 0 aliphatic rings. The van der Waals surface area contributed by atoms with Gasteiger partial charge in [-0.25, -0.2) is 9.97 Å². The number of aryl methyl sites for hydroxylation is 1. The number of aromatic nitrogens is 2. The van der Waals surface area contributed by atoms with Gasteiger partial charge in [-0.2, -0.15) is 0 Å². The lowest BCUT2D eigenvalue weighted by molar-refractivity contribution is 0.103. The molecule has 0 atom stereocenters. The summed E-state index contributed by atoms with van der Waals surface area (Å²) in [5, 5.41) is 1.85. The number of nitrogens with zero attached hydrogens (tertiary/aromatic N) is 2. The average molecular weight is 204 g/mol. The highest BCUT2D eigenvalue weighted by molar-refractivity contribution is 7.10. The van der Waals surface area contributed by atoms with Crippen molar-refractivity contribution in [3.63, 3.8) is 0 Å². The van der Waals surface area contributed by atoms with Gasteiger partial charge in [0.05, 0.1) is 0 Å². The summed E-state index contributed by atoms with van der Waals surface area (Å²) in [6, 6.07) is 3.49. The molecule has 0 aliphatic carbocycles. The summed E-state index contributed by atoms with van der Waals surface area (Å²) >= 11 is 1.56. The summed E-state index contributed by atoms with van der Waals surface area (Å²) in [5.41, 5.74) is 1.14. The van der Waals surface area contributed by atoms with Crippen molar-refractivity contribution in [2.75, 3.05) is 0 Å². The predicted octanol–water partition coefficient (Wildman–Crippen LogP) is 2.08. The fourth-order valence-corrected chi connectivity index (χ4v) is 1.82. The van der Waals surface area contributed by atoms with Crippen LogP contribution in [0.15, 0.2) is 30.0 Å². The van der Waals surface area contributed by atoms with Crippen LogP contribution < -0.4 is 0 Å². The zero-order valence-corrected chi connectivity index (χ0v) is 8.41. The van der Waals surface area contributed by atoms with Crippen LogP contribution in [0.4, 0.5) is 0 Å². The van der Waals surface area contributed by atoms with E-state index in [0.29, 0.717) is 11.3 Å². The summed E-state index contributed by atoms with van der Waals surface area (Å²) in [5.74, 6) is -0.0447. The van der Waals surface area contributed by atoms with Gasteiger partial charge in [0, 0.05) is 22.0 Å². The number of thiophene rings is 1. The molecule has 70 valence electrons. The van der Waals surface area contributed by atoms with Crippen LogP contribution in [0, 0.1) is 6.92 Å². The maximum atomic E-state index is 11.8. The first-order chi connectivity index (χ1) is 6.77. The molecule has 0 amide bonds. The van der Waals surface area contributed by atoms with Crippen LogP contribution in [0.5, 0.6) is 0 Å². The molecule has 0 saturated carbocycles. The van der Waals surface area contributed by atoms with E-state index in [1.807, 2.05) is 18.4 Å². The Morgan fingerprint density at radius 1 is 1.50 bits per heavy atom. The van der Waals surface area contributed by atoms with E-state index in [0.717, 1.165) is 4.88 Å². The summed E-state index contributed by atoms with van der Waals surface area (Å²) in [4.78, 5) is 20.6. The van der Waals surface area contributed by atoms with Crippen LogP contribution >= 0.6 is 11.3 Å². The van der Waals surface area contributed by atoms with Crippen LogP contribution in [-0.4, -0.2) is 15.8 Å². The lowest BCUT2D eigenvalue weighted by Gasteiger charge is -1.94. The quantitative estimate of drug-likeness (QED) is 0.703. The highest BCUT2D eigenvalue weighted by atomic mass is 32.1. The Bertz CT molecular complexity index is 450. The van der Waals surface area contributed by atoms with Crippen LogP contribution in [0.2, 0.25) is 0 Å². The van der Waals surface area contributed by atoms with Gasteiger partial charge in [-0.05, 0) is 19.1 Å². The zero-order chi connectivity index (χ0) is 9.97. The predicted molar refractivity (Wildman–Crippen MR) is 54.5 cm³/mol.